The number of methoxy groups -OCH3 is 2. The number of benzene rings is 1. The van der Waals surface area contributed by atoms with Crippen molar-refractivity contribution >= 4 is 0 Å². The molecule has 1 aliphatic heterocycles. The number of hydrogen-bond acceptors (Lipinski definition) is 4. The van der Waals surface area contributed by atoms with E-state index in [-0.39, 0.29) is 6.10 Å². The molecule has 4 nitrogen and oxygen atoms in total. The molecule has 1 saturated heterocycles. The van der Waals surface area contributed by atoms with Crippen LogP contribution in [0.2, 0.25) is 0 Å². The van der Waals surface area contributed by atoms with Gasteiger partial charge in [-0.3, -0.25) is 0 Å². The van der Waals surface area contributed by atoms with Crippen molar-refractivity contribution in [2.45, 2.75) is 31.8 Å². The van der Waals surface area contributed by atoms with Crippen LogP contribution in [0.4, 0.5) is 0 Å². The van der Waals surface area contributed by atoms with Crippen LogP contribution in [-0.4, -0.2) is 32.4 Å². The molecular formula is C17H25NO3. The van der Waals surface area contributed by atoms with Gasteiger partial charge in [-0.05, 0) is 73.9 Å². The van der Waals surface area contributed by atoms with Gasteiger partial charge in [0.15, 0.2) is 11.5 Å². The third kappa shape index (κ3) is 2.87. The van der Waals surface area contributed by atoms with Crippen molar-refractivity contribution in [3.8, 4) is 11.5 Å². The molecule has 1 aromatic rings. The molecule has 0 amide bonds. The number of piperidine rings is 1. The number of hydrogen-bond donors (Lipinski definition) is 2. The molecule has 1 aliphatic carbocycles. The van der Waals surface area contributed by atoms with Crippen LogP contribution >= 0.6 is 0 Å². The van der Waals surface area contributed by atoms with Crippen LogP contribution in [0, 0.1) is 11.8 Å². The molecule has 2 aliphatic rings. The lowest BCUT2D eigenvalue weighted by molar-refractivity contribution is 0.102. The Morgan fingerprint density at radius 2 is 1.81 bits per heavy atom. The topological polar surface area (TPSA) is 50.7 Å². The van der Waals surface area contributed by atoms with Crippen LogP contribution in [0.15, 0.2) is 12.1 Å². The van der Waals surface area contributed by atoms with Gasteiger partial charge in [0.1, 0.15) is 0 Å². The highest BCUT2D eigenvalue weighted by molar-refractivity contribution is 5.50. The van der Waals surface area contributed by atoms with Gasteiger partial charge in [-0.25, -0.2) is 0 Å². The van der Waals surface area contributed by atoms with Gasteiger partial charge in [0.25, 0.3) is 0 Å². The molecule has 3 rings (SSSR count). The lowest BCUT2D eigenvalue weighted by atomic mass is 9.85. The summed E-state index contributed by atoms with van der Waals surface area (Å²) in [7, 11) is 3.29. The van der Waals surface area contributed by atoms with Gasteiger partial charge in [-0.2, -0.15) is 0 Å². The third-order valence-corrected chi connectivity index (χ3v) is 4.99. The molecular weight excluding hydrogens is 266 g/mol. The van der Waals surface area contributed by atoms with E-state index < -0.39 is 0 Å². The first-order chi connectivity index (χ1) is 10.2. The number of aliphatic hydroxyl groups excluding tert-OH is 1. The number of fused-ring (bicyclic) bond motifs is 1. The zero-order chi connectivity index (χ0) is 14.8. The fourth-order valence-electron chi connectivity index (χ4n) is 3.79. The lowest BCUT2D eigenvalue weighted by Crippen LogP contribution is -2.29. The first-order valence-electron chi connectivity index (χ1n) is 7.86. The van der Waals surface area contributed by atoms with E-state index in [1.165, 1.54) is 18.4 Å². The number of aliphatic hydroxyl groups is 1. The van der Waals surface area contributed by atoms with Gasteiger partial charge >= 0.3 is 0 Å². The fraction of sp³-hybridized carbons (Fsp3) is 0.647. The fourth-order valence-corrected chi connectivity index (χ4v) is 3.79. The van der Waals surface area contributed by atoms with Crippen LogP contribution in [0.1, 0.15) is 36.5 Å². The zero-order valence-electron chi connectivity index (χ0n) is 12.9. The highest BCUT2D eigenvalue weighted by Gasteiger charge is 2.34. The van der Waals surface area contributed by atoms with E-state index in [0.717, 1.165) is 43.2 Å². The number of nitrogens with one attached hydrogen (secondary N) is 1. The normalized spacial score (nSPS) is 25.7. The van der Waals surface area contributed by atoms with Crippen molar-refractivity contribution in [2.75, 3.05) is 27.3 Å². The molecule has 2 atom stereocenters. The van der Waals surface area contributed by atoms with Gasteiger partial charge in [0, 0.05) is 0 Å². The van der Waals surface area contributed by atoms with Crippen LogP contribution in [0.3, 0.4) is 0 Å². The largest absolute Gasteiger partial charge is 0.493 e. The van der Waals surface area contributed by atoms with Crippen molar-refractivity contribution in [3.05, 3.63) is 23.3 Å². The van der Waals surface area contributed by atoms with E-state index in [0.29, 0.717) is 11.7 Å². The molecule has 4 heteroatoms. The van der Waals surface area contributed by atoms with E-state index in [9.17, 15) is 5.11 Å². The van der Waals surface area contributed by atoms with E-state index >= 15 is 0 Å². The highest BCUT2D eigenvalue weighted by Crippen LogP contribution is 2.44. The molecule has 0 radical (unpaired) electrons. The van der Waals surface area contributed by atoms with Crippen molar-refractivity contribution in [3.63, 3.8) is 0 Å². The van der Waals surface area contributed by atoms with Crippen LogP contribution < -0.4 is 14.8 Å². The summed E-state index contributed by atoms with van der Waals surface area (Å²) in [5.41, 5.74) is 2.23. The van der Waals surface area contributed by atoms with Crippen LogP contribution in [0.5, 0.6) is 11.5 Å². The predicted octanol–water partition coefficient (Wildman–Crippen LogP) is 2.30. The minimum absolute atomic E-state index is 0.333. The van der Waals surface area contributed by atoms with Crippen molar-refractivity contribution in [1.82, 2.24) is 5.32 Å². The Morgan fingerprint density at radius 1 is 1.14 bits per heavy atom. The maximum atomic E-state index is 10.6. The molecule has 0 bridgehead atoms. The summed E-state index contributed by atoms with van der Waals surface area (Å²) in [4.78, 5) is 0. The summed E-state index contributed by atoms with van der Waals surface area (Å²) in [6, 6.07) is 3.97. The Labute approximate surface area is 126 Å². The number of ether oxygens (including phenoxy) is 2. The molecule has 1 fully saturated rings. The van der Waals surface area contributed by atoms with Gasteiger partial charge < -0.3 is 19.9 Å². The van der Waals surface area contributed by atoms with Crippen molar-refractivity contribution in [2.24, 2.45) is 11.8 Å². The molecule has 0 aromatic heterocycles. The Kier molecular flexibility index (Phi) is 4.36. The van der Waals surface area contributed by atoms with Gasteiger partial charge in [0.05, 0.1) is 20.3 Å². The zero-order valence-corrected chi connectivity index (χ0v) is 12.9. The second-order valence-electron chi connectivity index (χ2n) is 6.24. The van der Waals surface area contributed by atoms with Gasteiger partial charge in [0.2, 0.25) is 0 Å². The number of rotatable bonds is 4. The average molecular weight is 291 g/mol. The molecule has 1 heterocycles. The second-order valence-corrected chi connectivity index (χ2v) is 6.24. The molecule has 0 spiro atoms. The van der Waals surface area contributed by atoms with E-state index in [1.54, 1.807) is 14.2 Å². The SMILES string of the molecule is COc1cc2c(cc1OC)C(O)C(CC1CCNCC1)C2. The highest BCUT2D eigenvalue weighted by atomic mass is 16.5. The summed E-state index contributed by atoms with van der Waals surface area (Å²) >= 11 is 0. The second kappa shape index (κ2) is 6.24. The van der Waals surface area contributed by atoms with Crippen molar-refractivity contribution < 1.29 is 14.6 Å². The molecule has 116 valence electrons. The van der Waals surface area contributed by atoms with Gasteiger partial charge in [-0.15, -0.1) is 0 Å². The molecule has 2 unspecified atom stereocenters. The Bertz CT molecular complexity index is 497. The summed E-state index contributed by atoms with van der Waals surface area (Å²) in [5, 5.41) is 14.0. The summed E-state index contributed by atoms with van der Waals surface area (Å²) < 4.78 is 10.7. The minimum Gasteiger partial charge on any atom is -0.493 e. The maximum absolute atomic E-state index is 10.6. The average Bonchev–Trinajstić information content (AvgIpc) is 2.82. The van der Waals surface area contributed by atoms with Crippen molar-refractivity contribution in [1.29, 1.82) is 0 Å². The minimum atomic E-state index is -0.366. The third-order valence-electron chi connectivity index (χ3n) is 4.99. The quantitative estimate of drug-likeness (QED) is 0.894. The van der Waals surface area contributed by atoms with Crippen LogP contribution in [-0.2, 0) is 6.42 Å². The molecule has 1 aromatic carbocycles. The summed E-state index contributed by atoms with van der Waals surface area (Å²) in [6.07, 6.45) is 4.15. The van der Waals surface area contributed by atoms with Crippen LogP contribution in [0.25, 0.3) is 0 Å². The Hall–Kier alpha value is -1.26. The van der Waals surface area contributed by atoms with E-state index in [1.807, 2.05) is 12.1 Å². The monoisotopic (exact) mass is 291 g/mol. The summed E-state index contributed by atoms with van der Waals surface area (Å²) in [6.45, 7) is 2.23. The van der Waals surface area contributed by atoms with Gasteiger partial charge in [-0.1, -0.05) is 0 Å². The predicted molar refractivity (Wildman–Crippen MR) is 81.9 cm³/mol. The molecule has 0 saturated carbocycles. The Balaban J connectivity index is 1.76. The maximum Gasteiger partial charge on any atom is 0.161 e. The first-order valence-corrected chi connectivity index (χ1v) is 7.86. The Morgan fingerprint density at radius 3 is 2.48 bits per heavy atom. The van der Waals surface area contributed by atoms with E-state index in [2.05, 4.69) is 5.32 Å². The first kappa shape index (κ1) is 14.7. The lowest BCUT2D eigenvalue weighted by Gasteiger charge is -2.26. The molecule has 21 heavy (non-hydrogen) atoms. The molecule has 2 N–H and O–H groups in total. The summed E-state index contributed by atoms with van der Waals surface area (Å²) in [5.74, 6) is 2.53. The standard InChI is InChI=1S/C17H25NO3/c1-20-15-9-12-8-13(7-11-3-5-18-6-4-11)17(19)14(12)10-16(15)21-2/h9-11,13,17-19H,3-8H2,1-2H3. The van der Waals surface area contributed by atoms with E-state index in [4.69, 9.17) is 9.47 Å². The smallest absolute Gasteiger partial charge is 0.161 e.